The molecule has 0 saturated carbocycles. The van der Waals surface area contributed by atoms with Gasteiger partial charge in [0.1, 0.15) is 0 Å². The Hall–Kier alpha value is -2.62. The molecular formula is C20H28F10N4O3. The molecule has 0 aliphatic rings. The number of amides is 4. The molecule has 0 atom stereocenters. The number of nitrogens with zero attached hydrogens (tertiary/aromatic N) is 4. The number of carbonyl (C=O) groups is 2. The quantitative estimate of drug-likeness (QED) is 0.206. The summed E-state index contributed by atoms with van der Waals surface area (Å²) in [7, 11) is 0. The van der Waals surface area contributed by atoms with Crippen molar-refractivity contribution in [1.82, 2.24) is 9.80 Å². The molecule has 0 fully saturated rings. The monoisotopic (exact) mass is 562 g/mol. The molecule has 0 aliphatic heterocycles. The first-order valence-corrected chi connectivity index (χ1v) is 10.7. The number of ether oxygens (including phenoxy) is 1. The van der Waals surface area contributed by atoms with Crippen LogP contribution in [0.2, 0.25) is 0 Å². The summed E-state index contributed by atoms with van der Waals surface area (Å²) in [6, 6.07) is -7.25. The van der Waals surface area contributed by atoms with Crippen LogP contribution in [-0.2, 0) is 4.74 Å². The Bertz CT molecular complexity index is 793. The van der Waals surface area contributed by atoms with Crippen LogP contribution in [0, 0.1) is 0 Å². The summed E-state index contributed by atoms with van der Waals surface area (Å²) in [5.41, 5.74) is 0. The molecule has 216 valence electrons. The smallest absolute Gasteiger partial charge is 0.415 e. The Morgan fingerprint density at radius 1 is 0.541 bits per heavy atom. The van der Waals surface area contributed by atoms with E-state index in [1.165, 1.54) is 55.4 Å². The van der Waals surface area contributed by atoms with E-state index in [2.05, 4.69) is 14.7 Å². The Labute approximate surface area is 206 Å². The fraction of sp³-hybridized carbons (Fsp3) is 0.800. The van der Waals surface area contributed by atoms with E-state index >= 15 is 0 Å². The number of aliphatic imine (C=N–C) groups is 2. The molecule has 0 heterocycles. The van der Waals surface area contributed by atoms with Gasteiger partial charge in [-0.1, -0.05) is 0 Å². The van der Waals surface area contributed by atoms with Gasteiger partial charge in [-0.2, -0.15) is 53.9 Å². The van der Waals surface area contributed by atoms with E-state index in [0.717, 1.165) is 0 Å². The molecule has 4 amide bonds. The average Bonchev–Trinajstić information content (AvgIpc) is 2.63. The molecule has 37 heavy (non-hydrogen) atoms. The molecule has 0 aromatic carbocycles. The minimum Gasteiger partial charge on any atom is -0.415 e. The molecule has 7 nitrogen and oxygen atoms in total. The first-order valence-electron chi connectivity index (χ1n) is 10.7. The van der Waals surface area contributed by atoms with Crippen molar-refractivity contribution in [2.24, 2.45) is 9.98 Å². The van der Waals surface area contributed by atoms with Crippen molar-refractivity contribution in [3.63, 3.8) is 0 Å². The topological polar surface area (TPSA) is 74.6 Å². The average molecular weight is 562 g/mol. The van der Waals surface area contributed by atoms with E-state index in [1.807, 2.05) is 0 Å². The lowest BCUT2D eigenvalue weighted by molar-refractivity contribution is -0.259. The molecule has 0 aliphatic carbocycles. The maximum Gasteiger partial charge on any atom is 0.463 e. The van der Waals surface area contributed by atoms with E-state index in [0.29, 0.717) is 9.80 Å². The van der Waals surface area contributed by atoms with Crippen LogP contribution in [0.15, 0.2) is 9.98 Å². The summed E-state index contributed by atoms with van der Waals surface area (Å²) in [6.07, 6.45) is -13.3. The predicted octanol–water partition coefficient (Wildman–Crippen LogP) is 6.67. The summed E-state index contributed by atoms with van der Waals surface area (Å²) in [5, 5.41) is 0. The number of alkyl halides is 10. The number of halogens is 10. The van der Waals surface area contributed by atoms with Gasteiger partial charge in [0.15, 0.2) is 0 Å². The van der Waals surface area contributed by atoms with Crippen molar-refractivity contribution < 1.29 is 58.2 Å². The van der Waals surface area contributed by atoms with Gasteiger partial charge in [0, 0.05) is 24.2 Å². The van der Waals surface area contributed by atoms with Gasteiger partial charge in [-0.05, 0) is 55.4 Å². The second-order valence-electron chi connectivity index (χ2n) is 8.83. The number of hydrogen-bond acceptors (Lipinski definition) is 3. The molecule has 0 spiro atoms. The van der Waals surface area contributed by atoms with Gasteiger partial charge >= 0.3 is 36.3 Å². The molecular weight excluding hydrogens is 534 g/mol. The molecule has 0 saturated heterocycles. The minimum atomic E-state index is -6.66. The standard InChI is InChI=1S/C20H28F10N4O3/c1-9(2)33(10(3)4)15(35)31-13(17(21,22)19(25,26)27)37-14(18(23,24)20(28,29)30)32-16(36)34(11(5)6)12(7)8/h9-12H,1-8H3. The number of carbonyl (C=O) groups excluding carboxylic acids is 2. The summed E-state index contributed by atoms with van der Waals surface area (Å²) in [6.45, 7) is 10.4. The normalized spacial score (nSPS) is 14.6. The Kier molecular flexibility index (Phi) is 11.0. The van der Waals surface area contributed by atoms with E-state index in [4.69, 9.17) is 0 Å². The number of rotatable bonds is 6. The summed E-state index contributed by atoms with van der Waals surface area (Å²) in [4.78, 5) is 30.8. The second-order valence-corrected chi connectivity index (χ2v) is 8.83. The number of hydrogen-bond donors (Lipinski definition) is 0. The number of urea groups is 2. The highest BCUT2D eigenvalue weighted by Gasteiger charge is 2.68. The fourth-order valence-corrected chi connectivity index (χ4v) is 3.01. The fourth-order valence-electron chi connectivity index (χ4n) is 3.01. The summed E-state index contributed by atoms with van der Waals surface area (Å²) >= 11 is 0. The minimum absolute atomic E-state index is 0.624. The van der Waals surface area contributed by atoms with Crippen molar-refractivity contribution >= 4 is 23.9 Å². The van der Waals surface area contributed by atoms with Crippen LogP contribution in [0.4, 0.5) is 53.5 Å². The van der Waals surface area contributed by atoms with E-state index in [1.54, 1.807) is 0 Å². The summed E-state index contributed by atoms with van der Waals surface area (Å²) in [5.74, 6) is -19.0. The first kappa shape index (κ1) is 34.4. The molecule has 0 N–H and O–H groups in total. The molecule has 0 bridgehead atoms. The van der Waals surface area contributed by atoms with E-state index in [-0.39, 0.29) is 0 Å². The van der Waals surface area contributed by atoms with Gasteiger partial charge in [-0.3, -0.25) is 0 Å². The van der Waals surface area contributed by atoms with Gasteiger partial charge < -0.3 is 14.5 Å². The first-order chi connectivity index (χ1) is 16.3. The lowest BCUT2D eigenvalue weighted by atomic mass is 10.2. The molecule has 0 rings (SSSR count). The van der Waals surface area contributed by atoms with Crippen molar-refractivity contribution in [2.75, 3.05) is 0 Å². The molecule has 0 aromatic rings. The highest BCUT2D eigenvalue weighted by Crippen LogP contribution is 2.41. The maximum absolute atomic E-state index is 14.2. The van der Waals surface area contributed by atoms with Crippen LogP contribution in [0.1, 0.15) is 55.4 Å². The largest absolute Gasteiger partial charge is 0.463 e. The third-order valence-corrected chi connectivity index (χ3v) is 4.50. The van der Waals surface area contributed by atoms with Gasteiger partial charge in [-0.15, -0.1) is 0 Å². The van der Waals surface area contributed by atoms with Crippen LogP contribution in [0.25, 0.3) is 0 Å². The van der Waals surface area contributed by atoms with Crippen LogP contribution >= 0.6 is 0 Å². The third kappa shape index (κ3) is 8.18. The lowest BCUT2D eigenvalue weighted by Gasteiger charge is -2.31. The van der Waals surface area contributed by atoms with Crippen molar-refractivity contribution in [3.05, 3.63) is 0 Å². The van der Waals surface area contributed by atoms with Crippen molar-refractivity contribution in [3.8, 4) is 0 Å². The van der Waals surface area contributed by atoms with Crippen LogP contribution in [-0.4, -0.2) is 82.0 Å². The Balaban J connectivity index is 7.23. The van der Waals surface area contributed by atoms with Crippen molar-refractivity contribution in [2.45, 2.75) is 104 Å². The van der Waals surface area contributed by atoms with Gasteiger partial charge in [0.05, 0.1) is 0 Å². The highest BCUT2D eigenvalue weighted by atomic mass is 19.4. The molecule has 17 heteroatoms. The maximum atomic E-state index is 14.2. The second kappa shape index (κ2) is 11.8. The van der Waals surface area contributed by atoms with Crippen LogP contribution in [0.5, 0.6) is 0 Å². The van der Waals surface area contributed by atoms with Crippen molar-refractivity contribution in [1.29, 1.82) is 0 Å². The molecule has 0 radical (unpaired) electrons. The van der Waals surface area contributed by atoms with Crippen LogP contribution in [0.3, 0.4) is 0 Å². The zero-order valence-electron chi connectivity index (χ0n) is 21.1. The SMILES string of the molecule is CC(C)N(C(=O)N=C(OC(=NC(=O)N(C(C)C)C(C)C)C(F)(F)C(F)(F)F)C(F)(F)C(F)(F)F)C(C)C. The zero-order valence-corrected chi connectivity index (χ0v) is 21.1. The van der Waals surface area contributed by atoms with Gasteiger partial charge in [0.25, 0.3) is 11.8 Å². The lowest BCUT2D eigenvalue weighted by Crippen LogP contribution is -2.52. The third-order valence-electron chi connectivity index (χ3n) is 4.50. The predicted molar refractivity (Wildman–Crippen MR) is 113 cm³/mol. The summed E-state index contributed by atoms with van der Waals surface area (Å²) < 4.78 is 139. The Morgan fingerprint density at radius 3 is 0.919 bits per heavy atom. The van der Waals surface area contributed by atoms with Gasteiger partial charge in [-0.25, -0.2) is 9.59 Å². The highest BCUT2D eigenvalue weighted by molar-refractivity contribution is 6.05. The van der Waals surface area contributed by atoms with Gasteiger partial charge in [0.2, 0.25) is 0 Å². The molecule has 0 aromatic heterocycles. The Morgan fingerprint density at radius 2 is 0.757 bits per heavy atom. The zero-order chi connectivity index (χ0) is 29.9. The van der Waals surface area contributed by atoms with E-state index in [9.17, 15) is 53.5 Å². The molecule has 0 unspecified atom stereocenters. The van der Waals surface area contributed by atoms with E-state index < -0.39 is 72.2 Å². The van der Waals surface area contributed by atoms with Crippen LogP contribution < -0.4 is 0 Å².